The fraction of sp³-hybridized carbons (Fsp3) is 0.812. The Hall–Kier alpha value is -0.670. The van der Waals surface area contributed by atoms with Crippen LogP contribution in [0.2, 0.25) is 0 Å². The number of rotatable bonds is 5. The first-order chi connectivity index (χ1) is 8.64. The first kappa shape index (κ1) is 16.4. The minimum absolute atomic E-state index is 0.0750. The smallest absolute Gasteiger partial charge is 0.163 e. The second-order valence-electron chi connectivity index (χ2n) is 6.82. The monoisotopic (exact) mass is 268 g/mol. The summed E-state index contributed by atoms with van der Waals surface area (Å²) in [6, 6.07) is 0. The molecule has 1 rings (SSSR count). The van der Waals surface area contributed by atoms with E-state index in [1.807, 2.05) is 33.8 Å². The minimum Gasteiger partial charge on any atom is -0.347 e. The number of hydrogen-bond acceptors (Lipinski definition) is 3. The lowest BCUT2D eigenvalue weighted by atomic mass is 9.75. The molecule has 1 fully saturated rings. The zero-order valence-corrected chi connectivity index (χ0v) is 13.1. The second kappa shape index (κ2) is 5.76. The largest absolute Gasteiger partial charge is 0.347 e. The van der Waals surface area contributed by atoms with Crippen LogP contribution in [-0.4, -0.2) is 24.3 Å². The number of carbonyl (C=O) groups excluding carboxylic acids is 1. The molecule has 0 aromatic rings. The molecule has 1 aliphatic rings. The summed E-state index contributed by atoms with van der Waals surface area (Å²) in [5, 5.41) is 0. The molecule has 0 spiro atoms. The van der Waals surface area contributed by atoms with Crippen molar-refractivity contribution in [3.05, 3.63) is 12.7 Å². The van der Waals surface area contributed by atoms with E-state index in [0.29, 0.717) is 5.92 Å². The van der Waals surface area contributed by atoms with Crippen molar-refractivity contribution < 1.29 is 14.3 Å². The normalized spacial score (nSPS) is 32.6. The summed E-state index contributed by atoms with van der Waals surface area (Å²) in [4.78, 5) is 11.3. The van der Waals surface area contributed by atoms with Crippen molar-refractivity contribution in [2.75, 3.05) is 0 Å². The fourth-order valence-electron chi connectivity index (χ4n) is 2.98. The molecule has 0 aromatic heterocycles. The van der Waals surface area contributed by atoms with Gasteiger partial charge in [0.2, 0.25) is 0 Å². The van der Waals surface area contributed by atoms with Gasteiger partial charge in [0.05, 0.1) is 12.2 Å². The number of hydrogen-bond donors (Lipinski definition) is 0. The lowest BCUT2D eigenvalue weighted by Crippen LogP contribution is -2.56. The Bertz CT molecular complexity index is 333. The highest BCUT2D eigenvalue weighted by Gasteiger charge is 2.48. The highest BCUT2D eigenvalue weighted by atomic mass is 16.7. The third-order valence-corrected chi connectivity index (χ3v) is 3.96. The van der Waals surface area contributed by atoms with Gasteiger partial charge in [0, 0.05) is 11.3 Å². The Morgan fingerprint density at radius 3 is 2.42 bits per heavy atom. The predicted molar refractivity (Wildman–Crippen MR) is 76.8 cm³/mol. The molecular formula is C16H28O3. The molecule has 0 amide bonds. The van der Waals surface area contributed by atoms with Gasteiger partial charge in [-0.1, -0.05) is 33.8 Å². The molecule has 0 unspecified atom stereocenters. The average Bonchev–Trinajstić information content (AvgIpc) is 2.31. The Morgan fingerprint density at radius 1 is 1.37 bits per heavy atom. The third-order valence-electron chi connectivity index (χ3n) is 3.96. The maximum atomic E-state index is 11.3. The first-order valence-corrected chi connectivity index (χ1v) is 7.07. The summed E-state index contributed by atoms with van der Waals surface area (Å²) >= 11 is 0. The van der Waals surface area contributed by atoms with Crippen molar-refractivity contribution in [1.82, 2.24) is 0 Å². The zero-order valence-electron chi connectivity index (χ0n) is 13.1. The maximum Gasteiger partial charge on any atom is 0.163 e. The van der Waals surface area contributed by atoms with Crippen LogP contribution in [0.3, 0.4) is 0 Å². The van der Waals surface area contributed by atoms with Crippen LogP contribution in [0.1, 0.15) is 48.0 Å². The topological polar surface area (TPSA) is 35.5 Å². The van der Waals surface area contributed by atoms with Crippen molar-refractivity contribution >= 4 is 6.29 Å². The van der Waals surface area contributed by atoms with E-state index >= 15 is 0 Å². The Balaban J connectivity index is 3.01. The summed E-state index contributed by atoms with van der Waals surface area (Å²) in [5.74, 6) is -0.124. The molecule has 1 aliphatic heterocycles. The van der Waals surface area contributed by atoms with Crippen LogP contribution in [0.4, 0.5) is 0 Å². The van der Waals surface area contributed by atoms with Crippen LogP contribution >= 0.6 is 0 Å². The molecule has 0 radical (unpaired) electrons. The van der Waals surface area contributed by atoms with E-state index in [4.69, 9.17) is 9.47 Å². The highest BCUT2D eigenvalue weighted by molar-refractivity contribution is 5.59. The van der Waals surface area contributed by atoms with Crippen LogP contribution in [0.15, 0.2) is 12.7 Å². The molecule has 1 saturated heterocycles. The van der Waals surface area contributed by atoms with E-state index in [0.717, 1.165) is 12.7 Å². The summed E-state index contributed by atoms with van der Waals surface area (Å²) in [7, 11) is 0. The molecule has 1 heterocycles. The quantitative estimate of drug-likeness (QED) is 0.565. The third kappa shape index (κ3) is 3.67. The van der Waals surface area contributed by atoms with Crippen molar-refractivity contribution in [3.63, 3.8) is 0 Å². The molecule has 0 aliphatic carbocycles. The van der Waals surface area contributed by atoms with Gasteiger partial charge in [-0.3, -0.25) is 0 Å². The van der Waals surface area contributed by atoms with Gasteiger partial charge in [0.1, 0.15) is 6.29 Å². The van der Waals surface area contributed by atoms with E-state index < -0.39 is 11.2 Å². The van der Waals surface area contributed by atoms with Crippen LogP contribution < -0.4 is 0 Å². The van der Waals surface area contributed by atoms with Gasteiger partial charge in [-0.25, -0.2) is 0 Å². The molecule has 0 saturated carbocycles. The summed E-state index contributed by atoms with van der Waals surface area (Å²) in [6.45, 7) is 15.8. The van der Waals surface area contributed by atoms with Gasteiger partial charge in [-0.05, 0) is 26.2 Å². The maximum absolute atomic E-state index is 11.3. The molecular weight excluding hydrogens is 240 g/mol. The standard InChI is InChI=1S/C16H28O3/c1-8-9-11(2)13-12(3)14(15(4,5)10-17)19-16(6,7)18-13/h8,10-14H,1,9H2,2-7H3/t11-,12+,13-,14+/m0/s1. The van der Waals surface area contributed by atoms with Crippen LogP contribution in [0, 0.1) is 17.3 Å². The minimum atomic E-state index is -0.655. The lowest BCUT2D eigenvalue weighted by molar-refractivity contribution is -0.339. The second-order valence-corrected chi connectivity index (χ2v) is 6.82. The first-order valence-electron chi connectivity index (χ1n) is 7.07. The molecule has 0 N–H and O–H groups in total. The van der Waals surface area contributed by atoms with Crippen molar-refractivity contribution in [2.24, 2.45) is 17.3 Å². The van der Waals surface area contributed by atoms with Gasteiger partial charge < -0.3 is 14.3 Å². The molecule has 0 aromatic carbocycles. The average molecular weight is 268 g/mol. The summed E-state index contributed by atoms with van der Waals surface area (Å²) in [5.41, 5.74) is -0.507. The Morgan fingerprint density at radius 2 is 1.95 bits per heavy atom. The van der Waals surface area contributed by atoms with Crippen LogP contribution in [0.5, 0.6) is 0 Å². The predicted octanol–water partition coefficient (Wildman–Crippen LogP) is 3.58. The van der Waals surface area contributed by atoms with Gasteiger partial charge in [0.25, 0.3) is 0 Å². The van der Waals surface area contributed by atoms with Gasteiger partial charge in [-0.2, -0.15) is 0 Å². The molecule has 110 valence electrons. The fourth-order valence-corrected chi connectivity index (χ4v) is 2.98. The highest BCUT2D eigenvalue weighted by Crippen LogP contribution is 2.41. The van der Waals surface area contributed by atoms with Gasteiger partial charge >= 0.3 is 0 Å². The van der Waals surface area contributed by atoms with E-state index in [9.17, 15) is 4.79 Å². The molecule has 3 nitrogen and oxygen atoms in total. The zero-order chi connectivity index (χ0) is 14.8. The lowest BCUT2D eigenvalue weighted by Gasteiger charge is -2.50. The number of ether oxygens (including phenoxy) is 2. The van der Waals surface area contributed by atoms with E-state index in [-0.39, 0.29) is 18.1 Å². The molecule has 4 atom stereocenters. The molecule has 19 heavy (non-hydrogen) atoms. The van der Waals surface area contributed by atoms with E-state index in [2.05, 4.69) is 20.4 Å². The summed E-state index contributed by atoms with van der Waals surface area (Å²) < 4.78 is 12.1. The van der Waals surface area contributed by atoms with E-state index in [1.54, 1.807) is 0 Å². The molecule has 0 bridgehead atoms. The van der Waals surface area contributed by atoms with Crippen molar-refractivity contribution in [1.29, 1.82) is 0 Å². The Kier molecular flexibility index (Phi) is 4.97. The SMILES string of the molecule is C=CC[C@H](C)[C@@H]1OC(C)(C)O[C@@H](C(C)(C)C=O)[C@@H]1C. The number of allylic oxidation sites excluding steroid dienone is 1. The Labute approximate surface area is 117 Å². The van der Waals surface area contributed by atoms with Gasteiger partial charge in [0.15, 0.2) is 5.79 Å². The number of aldehydes is 1. The molecule has 3 heteroatoms. The summed E-state index contributed by atoms with van der Waals surface area (Å²) in [6.07, 6.45) is 3.75. The van der Waals surface area contributed by atoms with Crippen LogP contribution in [-0.2, 0) is 14.3 Å². The van der Waals surface area contributed by atoms with Crippen molar-refractivity contribution in [2.45, 2.75) is 66.0 Å². The van der Waals surface area contributed by atoms with Gasteiger partial charge in [-0.15, -0.1) is 6.58 Å². The van der Waals surface area contributed by atoms with Crippen LogP contribution in [0.25, 0.3) is 0 Å². The number of carbonyl (C=O) groups is 1. The van der Waals surface area contributed by atoms with E-state index in [1.165, 1.54) is 0 Å². The van der Waals surface area contributed by atoms with Crippen molar-refractivity contribution in [3.8, 4) is 0 Å².